The van der Waals surface area contributed by atoms with Gasteiger partial charge < -0.3 is 5.11 Å². The third-order valence-electron chi connectivity index (χ3n) is 1.40. The highest BCUT2D eigenvalue weighted by atomic mass is 127. The van der Waals surface area contributed by atoms with Gasteiger partial charge in [0, 0.05) is 3.57 Å². The molecule has 0 radical (unpaired) electrons. The molecule has 1 amide bonds. The molecule has 0 unspecified atom stereocenters. The standard InChI is InChI=1S/C7H6I2N2O2/c8-3-1-4(7(13)11-10)6(12)5(9)2-3/h1-2,12H,10H2,(H,11,13). The third-order valence-corrected chi connectivity index (χ3v) is 2.85. The van der Waals surface area contributed by atoms with Crippen LogP contribution in [-0.4, -0.2) is 11.0 Å². The van der Waals surface area contributed by atoms with E-state index in [0.29, 0.717) is 3.57 Å². The average Bonchev–Trinajstić information content (AvgIpc) is 2.10. The lowest BCUT2D eigenvalue weighted by molar-refractivity contribution is 0.0951. The normalized spacial score (nSPS) is 9.77. The summed E-state index contributed by atoms with van der Waals surface area (Å²) in [4.78, 5) is 11.1. The smallest absolute Gasteiger partial charge is 0.269 e. The van der Waals surface area contributed by atoms with Gasteiger partial charge in [-0.3, -0.25) is 10.2 Å². The number of halogens is 2. The molecule has 0 bridgehead atoms. The number of aromatic hydroxyl groups is 1. The van der Waals surface area contributed by atoms with Crippen molar-refractivity contribution >= 4 is 51.1 Å². The number of phenols is 1. The van der Waals surface area contributed by atoms with Crippen molar-refractivity contribution in [1.29, 1.82) is 0 Å². The van der Waals surface area contributed by atoms with E-state index in [4.69, 9.17) is 5.84 Å². The van der Waals surface area contributed by atoms with Gasteiger partial charge in [-0.15, -0.1) is 0 Å². The molecule has 0 spiro atoms. The zero-order valence-corrected chi connectivity index (χ0v) is 10.7. The number of benzene rings is 1. The average molecular weight is 404 g/mol. The maximum absolute atomic E-state index is 11.1. The van der Waals surface area contributed by atoms with Crippen LogP contribution in [0.4, 0.5) is 0 Å². The minimum absolute atomic E-state index is 0.0380. The number of carbonyl (C=O) groups is 1. The number of rotatable bonds is 1. The topological polar surface area (TPSA) is 75.3 Å². The Balaban J connectivity index is 3.28. The molecule has 1 aromatic carbocycles. The minimum atomic E-state index is -0.492. The Morgan fingerprint density at radius 2 is 2.08 bits per heavy atom. The van der Waals surface area contributed by atoms with Crippen molar-refractivity contribution in [3.63, 3.8) is 0 Å². The van der Waals surface area contributed by atoms with E-state index in [9.17, 15) is 9.90 Å². The highest BCUT2D eigenvalue weighted by Gasteiger charge is 2.13. The zero-order valence-electron chi connectivity index (χ0n) is 6.34. The fraction of sp³-hybridized carbons (Fsp3) is 0. The molecule has 0 aliphatic carbocycles. The Morgan fingerprint density at radius 3 is 2.62 bits per heavy atom. The van der Waals surface area contributed by atoms with Crippen LogP contribution in [0, 0.1) is 7.14 Å². The molecule has 0 aromatic heterocycles. The molecular formula is C7H6I2N2O2. The summed E-state index contributed by atoms with van der Waals surface area (Å²) in [5.41, 5.74) is 2.16. The molecule has 0 aliphatic heterocycles. The molecule has 0 heterocycles. The van der Waals surface area contributed by atoms with Gasteiger partial charge in [-0.1, -0.05) is 0 Å². The summed E-state index contributed by atoms with van der Waals surface area (Å²) in [6, 6.07) is 3.34. The summed E-state index contributed by atoms with van der Waals surface area (Å²) >= 11 is 4.01. The van der Waals surface area contributed by atoms with Crippen LogP contribution in [0.5, 0.6) is 5.75 Å². The Bertz CT molecular complexity index is 355. The molecule has 0 atom stereocenters. The molecule has 0 saturated heterocycles. The number of hydrazine groups is 1. The van der Waals surface area contributed by atoms with Gasteiger partial charge in [-0.2, -0.15) is 0 Å². The molecule has 1 rings (SSSR count). The molecule has 0 aliphatic rings. The Hall–Kier alpha value is -0.0900. The van der Waals surface area contributed by atoms with Gasteiger partial charge in [0.15, 0.2) is 0 Å². The highest BCUT2D eigenvalue weighted by Crippen LogP contribution is 2.26. The quantitative estimate of drug-likeness (QED) is 0.285. The predicted octanol–water partition coefficient (Wildman–Crippen LogP) is 1.20. The lowest BCUT2D eigenvalue weighted by Gasteiger charge is -2.05. The summed E-state index contributed by atoms with van der Waals surface area (Å²) in [7, 11) is 0. The predicted molar refractivity (Wildman–Crippen MR) is 65.2 cm³/mol. The van der Waals surface area contributed by atoms with Gasteiger partial charge in [0.1, 0.15) is 5.75 Å². The summed E-state index contributed by atoms with van der Waals surface area (Å²) < 4.78 is 1.50. The SMILES string of the molecule is NNC(=O)c1cc(I)cc(I)c1O. The van der Waals surface area contributed by atoms with Crippen LogP contribution >= 0.6 is 45.2 Å². The molecule has 6 heteroatoms. The molecule has 4 nitrogen and oxygen atoms in total. The molecule has 70 valence electrons. The van der Waals surface area contributed by atoms with Crippen molar-refractivity contribution in [1.82, 2.24) is 5.43 Å². The van der Waals surface area contributed by atoms with Crippen molar-refractivity contribution in [3.8, 4) is 5.75 Å². The minimum Gasteiger partial charge on any atom is -0.506 e. The lowest BCUT2D eigenvalue weighted by atomic mass is 10.2. The monoisotopic (exact) mass is 404 g/mol. The number of nitrogens with two attached hydrogens (primary N) is 1. The summed E-state index contributed by atoms with van der Waals surface area (Å²) in [6.07, 6.45) is 0. The van der Waals surface area contributed by atoms with Crippen molar-refractivity contribution in [2.75, 3.05) is 0 Å². The Kier molecular flexibility index (Phi) is 3.74. The van der Waals surface area contributed by atoms with Gasteiger partial charge in [0.2, 0.25) is 0 Å². The molecular weight excluding hydrogens is 398 g/mol. The van der Waals surface area contributed by atoms with E-state index < -0.39 is 5.91 Å². The van der Waals surface area contributed by atoms with Crippen LogP contribution in [0.3, 0.4) is 0 Å². The first kappa shape index (κ1) is 11.0. The van der Waals surface area contributed by atoms with Crippen molar-refractivity contribution < 1.29 is 9.90 Å². The van der Waals surface area contributed by atoms with Crippen LogP contribution in [0.15, 0.2) is 12.1 Å². The number of nitrogen functional groups attached to an aromatic ring is 1. The van der Waals surface area contributed by atoms with E-state index in [1.807, 2.05) is 28.0 Å². The van der Waals surface area contributed by atoms with E-state index in [1.54, 1.807) is 12.1 Å². The lowest BCUT2D eigenvalue weighted by Crippen LogP contribution is -2.30. The van der Waals surface area contributed by atoms with Crippen LogP contribution in [-0.2, 0) is 0 Å². The van der Waals surface area contributed by atoms with Gasteiger partial charge in [-0.25, -0.2) is 5.84 Å². The second kappa shape index (κ2) is 4.42. The van der Waals surface area contributed by atoms with Crippen LogP contribution in [0.2, 0.25) is 0 Å². The number of nitrogens with one attached hydrogen (secondary N) is 1. The van der Waals surface area contributed by atoms with Crippen molar-refractivity contribution in [2.45, 2.75) is 0 Å². The van der Waals surface area contributed by atoms with Crippen molar-refractivity contribution in [2.24, 2.45) is 5.84 Å². The van der Waals surface area contributed by atoms with E-state index in [2.05, 4.69) is 22.6 Å². The van der Waals surface area contributed by atoms with E-state index in [1.165, 1.54) is 0 Å². The van der Waals surface area contributed by atoms with Crippen molar-refractivity contribution in [3.05, 3.63) is 24.8 Å². The Morgan fingerprint density at radius 1 is 1.46 bits per heavy atom. The number of hydrogen-bond donors (Lipinski definition) is 3. The number of carbonyl (C=O) groups excluding carboxylic acids is 1. The van der Waals surface area contributed by atoms with Crippen LogP contribution < -0.4 is 11.3 Å². The number of hydrogen-bond acceptors (Lipinski definition) is 3. The molecule has 1 aromatic rings. The van der Waals surface area contributed by atoms with Gasteiger partial charge in [0.25, 0.3) is 5.91 Å². The summed E-state index contributed by atoms with van der Waals surface area (Å²) in [6.45, 7) is 0. The first-order valence-corrected chi connectivity index (χ1v) is 5.41. The zero-order chi connectivity index (χ0) is 10.0. The Labute approximate surface area is 102 Å². The van der Waals surface area contributed by atoms with Gasteiger partial charge in [0.05, 0.1) is 9.13 Å². The third kappa shape index (κ3) is 2.44. The first-order valence-electron chi connectivity index (χ1n) is 3.25. The number of phenolic OH excluding ortho intramolecular Hbond substituents is 1. The first-order chi connectivity index (χ1) is 6.06. The van der Waals surface area contributed by atoms with E-state index in [-0.39, 0.29) is 11.3 Å². The second-order valence-corrected chi connectivity index (χ2v) is 4.67. The van der Waals surface area contributed by atoms with Crippen LogP contribution in [0.1, 0.15) is 10.4 Å². The summed E-state index contributed by atoms with van der Waals surface area (Å²) in [5, 5.41) is 9.50. The maximum Gasteiger partial charge on any atom is 0.269 e. The molecule has 4 N–H and O–H groups in total. The molecule has 0 fully saturated rings. The fourth-order valence-electron chi connectivity index (χ4n) is 0.817. The fourth-order valence-corrected chi connectivity index (χ4v) is 2.66. The second-order valence-electron chi connectivity index (χ2n) is 2.26. The largest absolute Gasteiger partial charge is 0.506 e. The number of amides is 1. The maximum atomic E-state index is 11.1. The van der Waals surface area contributed by atoms with Gasteiger partial charge >= 0.3 is 0 Å². The van der Waals surface area contributed by atoms with E-state index >= 15 is 0 Å². The molecule has 13 heavy (non-hydrogen) atoms. The van der Waals surface area contributed by atoms with E-state index in [0.717, 1.165) is 3.57 Å². The highest BCUT2D eigenvalue weighted by molar-refractivity contribution is 14.1. The van der Waals surface area contributed by atoms with Gasteiger partial charge in [-0.05, 0) is 57.3 Å². The molecule has 0 saturated carbocycles. The summed E-state index contributed by atoms with van der Waals surface area (Å²) in [5.74, 6) is 4.43. The van der Waals surface area contributed by atoms with Crippen LogP contribution in [0.25, 0.3) is 0 Å².